The number of hydrogen-bond donors (Lipinski definition) is 1. The van der Waals surface area contributed by atoms with Gasteiger partial charge in [-0.1, -0.05) is 24.8 Å². The number of hydrogen-bond acceptors (Lipinski definition) is 3. The maximum Gasteiger partial charge on any atom is 0.168 e. The summed E-state index contributed by atoms with van der Waals surface area (Å²) in [6.07, 6.45) is 1.76. The van der Waals surface area contributed by atoms with E-state index in [1.165, 1.54) is 13.0 Å². The summed E-state index contributed by atoms with van der Waals surface area (Å²) in [5.41, 5.74) is 1.35. The van der Waals surface area contributed by atoms with Crippen molar-refractivity contribution in [3.8, 4) is 0 Å². The highest BCUT2D eigenvalue weighted by Gasteiger charge is 2.07. The predicted octanol–water partition coefficient (Wildman–Crippen LogP) is 1.43. The fourth-order valence-corrected chi connectivity index (χ4v) is 1.89. The number of rotatable bonds is 4. The largest absolute Gasteiger partial charge is 0.300 e. The molecular formula is C11H12O3S. The molecule has 1 aromatic carbocycles. The van der Waals surface area contributed by atoms with E-state index in [-0.39, 0.29) is 17.1 Å². The third-order valence-corrected chi connectivity index (χ3v) is 2.81. The number of benzene rings is 1. The van der Waals surface area contributed by atoms with Gasteiger partial charge in [-0.25, -0.2) is 8.42 Å². The van der Waals surface area contributed by atoms with E-state index in [1.807, 2.05) is 0 Å². The van der Waals surface area contributed by atoms with Crippen LogP contribution in [-0.4, -0.2) is 14.2 Å². The highest BCUT2D eigenvalue weighted by molar-refractivity contribution is 7.72. The third-order valence-electron chi connectivity index (χ3n) is 1.98. The minimum atomic E-state index is -2.65. The molecule has 4 heteroatoms. The molecule has 0 aliphatic heterocycles. The summed E-state index contributed by atoms with van der Waals surface area (Å²) in [7, 11) is -2.65. The van der Waals surface area contributed by atoms with Crippen molar-refractivity contribution in [2.75, 3.05) is 0 Å². The molecule has 1 aromatic rings. The average Bonchev–Trinajstić information content (AvgIpc) is 2.16. The molecule has 0 radical (unpaired) electrons. The summed E-state index contributed by atoms with van der Waals surface area (Å²) in [5, 5.41) is 0. The first kappa shape index (κ1) is 11.7. The van der Waals surface area contributed by atoms with Crippen molar-refractivity contribution < 1.29 is 13.2 Å². The second-order valence-corrected chi connectivity index (χ2v) is 4.22. The molecule has 0 unspecified atom stereocenters. The topological polar surface area (TPSA) is 51.2 Å². The molecule has 0 amide bonds. The number of carbonyl (C=O) groups is 1. The summed E-state index contributed by atoms with van der Waals surface area (Å²) >= 11 is 0. The van der Waals surface area contributed by atoms with Gasteiger partial charge in [0.05, 0.1) is 4.90 Å². The Hall–Kier alpha value is -1.42. The van der Waals surface area contributed by atoms with Crippen LogP contribution in [0.4, 0.5) is 0 Å². The van der Waals surface area contributed by atoms with Gasteiger partial charge >= 0.3 is 0 Å². The zero-order valence-electron chi connectivity index (χ0n) is 8.40. The lowest BCUT2D eigenvalue weighted by Gasteiger charge is -2.03. The Bertz CT molecular complexity index is 465. The van der Waals surface area contributed by atoms with E-state index in [1.54, 1.807) is 18.2 Å². The third kappa shape index (κ3) is 3.02. The second kappa shape index (κ2) is 4.89. The number of Topliss-reactive ketones (excluding diaryl/α,β-unsaturated/α-hetero) is 1. The van der Waals surface area contributed by atoms with Gasteiger partial charge in [0.25, 0.3) is 0 Å². The van der Waals surface area contributed by atoms with Crippen molar-refractivity contribution in [2.24, 2.45) is 0 Å². The van der Waals surface area contributed by atoms with Crippen LogP contribution in [0.5, 0.6) is 0 Å². The monoisotopic (exact) mass is 224 g/mol. The van der Waals surface area contributed by atoms with Gasteiger partial charge in [-0.15, -0.1) is 0 Å². The molecule has 0 aliphatic rings. The highest BCUT2D eigenvalue weighted by Crippen LogP contribution is 2.15. The quantitative estimate of drug-likeness (QED) is 0.787. The lowest BCUT2D eigenvalue weighted by Crippen LogP contribution is -2.00. The van der Waals surface area contributed by atoms with Crippen LogP contribution in [0.25, 0.3) is 6.08 Å². The molecular weight excluding hydrogens is 212 g/mol. The summed E-state index contributed by atoms with van der Waals surface area (Å²) in [4.78, 5) is 11.2. The zero-order valence-corrected chi connectivity index (χ0v) is 9.29. The van der Waals surface area contributed by atoms with Crippen molar-refractivity contribution in [3.05, 3.63) is 35.9 Å². The molecule has 15 heavy (non-hydrogen) atoms. The van der Waals surface area contributed by atoms with Crippen molar-refractivity contribution >= 4 is 22.6 Å². The van der Waals surface area contributed by atoms with Gasteiger partial charge in [-0.05, 0) is 24.1 Å². The minimum absolute atomic E-state index is 0.0608. The predicted molar refractivity (Wildman–Crippen MR) is 59.5 cm³/mol. The van der Waals surface area contributed by atoms with E-state index >= 15 is 0 Å². The van der Waals surface area contributed by atoms with Gasteiger partial charge in [-0.2, -0.15) is 0 Å². The highest BCUT2D eigenvalue weighted by atomic mass is 32.2. The Morgan fingerprint density at radius 3 is 2.60 bits per heavy atom. The molecule has 0 saturated heterocycles. The standard InChI is InChI=1S/C11H12O3S/c1-3-9-4-5-11(15(13)14)10(7-9)6-8(2)12/h3-5,7,15H,1,6H2,2H3. The average molecular weight is 224 g/mol. The first-order valence-corrected chi connectivity index (χ1v) is 5.61. The number of thiol groups is 1. The Balaban J connectivity index is 3.27. The molecule has 0 aliphatic carbocycles. The van der Waals surface area contributed by atoms with Crippen LogP contribution < -0.4 is 0 Å². The SMILES string of the molecule is C=Cc1ccc([SH](=O)=O)c(CC(C)=O)c1. The van der Waals surface area contributed by atoms with Crippen molar-refractivity contribution in [1.29, 1.82) is 0 Å². The lowest BCUT2D eigenvalue weighted by molar-refractivity contribution is -0.116. The van der Waals surface area contributed by atoms with E-state index in [2.05, 4.69) is 6.58 Å². The smallest absolute Gasteiger partial charge is 0.168 e. The normalized spacial score (nSPS) is 10.3. The molecule has 80 valence electrons. The van der Waals surface area contributed by atoms with E-state index in [0.29, 0.717) is 5.56 Å². The second-order valence-electron chi connectivity index (χ2n) is 3.23. The van der Waals surface area contributed by atoms with E-state index in [0.717, 1.165) is 5.56 Å². The van der Waals surface area contributed by atoms with Crippen molar-refractivity contribution in [1.82, 2.24) is 0 Å². The van der Waals surface area contributed by atoms with Gasteiger partial charge in [0.2, 0.25) is 0 Å². The summed E-state index contributed by atoms with van der Waals surface area (Å²) in [5.74, 6) is -0.0608. The fraction of sp³-hybridized carbons (Fsp3) is 0.182. The minimum Gasteiger partial charge on any atom is -0.300 e. The maximum atomic E-state index is 11.0. The molecule has 0 spiro atoms. The van der Waals surface area contributed by atoms with Crippen LogP contribution in [0.3, 0.4) is 0 Å². The van der Waals surface area contributed by atoms with Crippen LogP contribution in [0.15, 0.2) is 29.7 Å². The molecule has 1 rings (SSSR count). The Kier molecular flexibility index (Phi) is 3.80. The molecule has 3 nitrogen and oxygen atoms in total. The molecule has 0 heterocycles. The number of ketones is 1. The Labute approximate surface area is 90.4 Å². The van der Waals surface area contributed by atoms with Crippen LogP contribution in [-0.2, 0) is 21.9 Å². The van der Waals surface area contributed by atoms with Crippen LogP contribution >= 0.6 is 0 Å². The Morgan fingerprint density at radius 2 is 2.13 bits per heavy atom. The fourth-order valence-electron chi connectivity index (χ4n) is 1.32. The lowest BCUT2D eigenvalue weighted by atomic mass is 10.1. The van der Waals surface area contributed by atoms with Gasteiger partial charge < -0.3 is 0 Å². The summed E-state index contributed by atoms with van der Waals surface area (Å²) < 4.78 is 21.8. The van der Waals surface area contributed by atoms with Crippen LogP contribution in [0, 0.1) is 0 Å². The maximum absolute atomic E-state index is 11.0. The molecule has 0 fully saturated rings. The van der Waals surface area contributed by atoms with E-state index in [9.17, 15) is 13.2 Å². The molecule has 0 bridgehead atoms. The summed E-state index contributed by atoms with van der Waals surface area (Å²) in [6.45, 7) is 5.02. The first-order chi connectivity index (χ1) is 7.04. The van der Waals surface area contributed by atoms with Gasteiger partial charge in [0, 0.05) is 6.42 Å². The zero-order chi connectivity index (χ0) is 11.4. The molecule has 0 saturated carbocycles. The van der Waals surface area contributed by atoms with Crippen LogP contribution in [0.2, 0.25) is 0 Å². The molecule has 0 N–H and O–H groups in total. The Morgan fingerprint density at radius 1 is 1.47 bits per heavy atom. The van der Waals surface area contributed by atoms with Crippen molar-refractivity contribution in [2.45, 2.75) is 18.2 Å². The van der Waals surface area contributed by atoms with E-state index in [4.69, 9.17) is 0 Å². The molecule has 0 atom stereocenters. The van der Waals surface area contributed by atoms with Gasteiger partial charge in [0.15, 0.2) is 10.7 Å². The summed E-state index contributed by atoms with van der Waals surface area (Å²) in [6, 6.07) is 4.84. The van der Waals surface area contributed by atoms with Crippen LogP contribution in [0.1, 0.15) is 18.1 Å². The van der Waals surface area contributed by atoms with Crippen molar-refractivity contribution in [3.63, 3.8) is 0 Å². The first-order valence-electron chi connectivity index (χ1n) is 4.43. The van der Waals surface area contributed by atoms with E-state index < -0.39 is 10.7 Å². The van der Waals surface area contributed by atoms with Gasteiger partial charge in [-0.3, -0.25) is 4.79 Å². The van der Waals surface area contributed by atoms with Gasteiger partial charge in [0.1, 0.15) is 5.78 Å². The number of carbonyl (C=O) groups excluding carboxylic acids is 1. The molecule has 0 aromatic heterocycles.